The van der Waals surface area contributed by atoms with Gasteiger partial charge in [-0.05, 0) is 42.7 Å². The Kier molecular flexibility index (Phi) is 6.75. The second-order valence-electron chi connectivity index (χ2n) is 7.40. The number of benzene rings is 2. The molecule has 1 aliphatic heterocycles. The number of rotatable bonds is 7. The van der Waals surface area contributed by atoms with Crippen LogP contribution in [0.1, 0.15) is 38.7 Å². The monoisotopic (exact) mass is 410 g/mol. The second-order valence-corrected chi connectivity index (χ2v) is 8.50. The molecule has 2 aromatic rings. The summed E-state index contributed by atoms with van der Waals surface area (Å²) >= 11 is 1.66. The molecule has 2 atom stereocenters. The van der Waals surface area contributed by atoms with Crippen molar-refractivity contribution in [1.29, 1.82) is 0 Å². The van der Waals surface area contributed by atoms with Crippen LogP contribution in [-0.2, 0) is 19.8 Å². The molecule has 1 fully saturated rings. The van der Waals surface area contributed by atoms with E-state index in [0.29, 0.717) is 30.7 Å². The van der Waals surface area contributed by atoms with Crippen LogP contribution in [0.25, 0.3) is 0 Å². The number of piperidine rings is 1. The minimum Gasteiger partial charge on any atom is -0.326 e. The highest BCUT2D eigenvalue weighted by atomic mass is 32.2. The van der Waals surface area contributed by atoms with E-state index in [-0.39, 0.29) is 23.6 Å². The van der Waals surface area contributed by atoms with Gasteiger partial charge in [-0.1, -0.05) is 44.2 Å². The molecule has 2 N–H and O–H groups in total. The van der Waals surface area contributed by atoms with Crippen LogP contribution in [0.4, 0.5) is 5.69 Å². The third-order valence-corrected chi connectivity index (χ3v) is 6.74. The quantitative estimate of drug-likeness (QED) is 0.531. The first kappa shape index (κ1) is 21.1. The van der Waals surface area contributed by atoms with Gasteiger partial charge in [0.05, 0.1) is 5.41 Å². The lowest BCUT2D eigenvalue weighted by molar-refractivity contribution is -0.138. The number of amides is 3. The summed E-state index contributed by atoms with van der Waals surface area (Å²) in [6, 6.07) is 17.4. The largest absolute Gasteiger partial charge is 0.326 e. The predicted molar refractivity (Wildman–Crippen MR) is 116 cm³/mol. The van der Waals surface area contributed by atoms with Gasteiger partial charge in [0, 0.05) is 28.7 Å². The molecule has 2 aromatic carbocycles. The number of nitrogens with one attached hydrogen (secondary N) is 2. The van der Waals surface area contributed by atoms with Gasteiger partial charge in [-0.25, -0.2) is 0 Å². The number of anilines is 1. The van der Waals surface area contributed by atoms with Gasteiger partial charge in [-0.3, -0.25) is 19.7 Å². The van der Waals surface area contributed by atoms with Gasteiger partial charge in [-0.2, -0.15) is 0 Å². The third kappa shape index (κ3) is 4.88. The lowest BCUT2D eigenvalue weighted by Gasteiger charge is -2.35. The molecule has 0 radical (unpaired) electrons. The Morgan fingerprint density at radius 1 is 1.14 bits per heavy atom. The maximum absolute atomic E-state index is 12.5. The fraction of sp³-hybridized carbons (Fsp3) is 0.348. The van der Waals surface area contributed by atoms with Crippen molar-refractivity contribution in [2.75, 3.05) is 11.1 Å². The molecule has 1 heterocycles. The van der Waals surface area contributed by atoms with Gasteiger partial charge in [0.2, 0.25) is 17.7 Å². The van der Waals surface area contributed by atoms with Crippen LogP contribution in [-0.4, -0.2) is 23.5 Å². The number of hydrogen-bond donors (Lipinski definition) is 2. The lowest BCUT2D eigenvalue weighted by atomic mass is 9.72. The topological polar surface area (TPSA) is 75.3 Å². The third-order valence-electron chi connectivity index (χ3n) is 5.47. The van der Waals surface area contributed by atoms with Crippen molar-refractivity contribution in [3.8, 4) is 0 Å². The highest BCUT2D eigenvalue weighted by Crippen LogP contribution is 2.36. The number of imide groups is 1. The van der Waals surface area contributed by atoms with Gasteiger partial charge in [0.25, 0.3) is 0 Å². The second kappa shape index (κ2) is 9.27. The average Bonchev–Trinajstić information content (AvgIpc) is 2.74. The van der Waals surface area contributed by atoms with E-state index < -0.39 is 5.41 Å². The van der Waals surface area contributed by atoms with Gasteiger partial charge in [0.1, 0.15) is 0 Å². The highest BCUT2D eigenvalue weighted by Gasteiger charge is 2.42. The van der Waals surface area contributed by atoms with Gasteiger partial charge in [0.15, 0.2) is 0 Å². The van der Waals surface area contributed by atoms with E-state index in [0.717, 1.165) is 10.5 Å². The zero-order valence-electron chi connectivity index (χ0n) is 16.7. The van der Waals surface area contributed by atoms with Crippen molar-refractivity contribution in [1.82, 2.24) is 5.32 Å². The Balaban J connectivity index is 1.61. The SMILES string of the molecule is CCC1(c2ccc(NC(=O)C(C)CSc3ccccc3)cc2)CCC(=O)NC1=O. The Bertz CT molecular complexity index is 883. The van der Waals surface area contributed by atoms with E-state index in [1.807, 2.05) is 68.4 Å². The zero-order valence-corrected chi connectivity index (χ0v) is 17.6. The molecule has 3 amide bonds. The average molecular weight is 411 g/mol. The predicted octanol–water partition coefficient (Wildman–Crippen LogP) is 4.14. The molecule has 5 nitrogen and oxygen atoms in total. The van der Waals surface area contributed by atoms with Crippen molar-refractivity contribution in [3.05, 3.63) is 60.2 Å². The number of carbonyl (C=O) groups is 3. The number of hydrogen-bond acceptors (Lipinski definition) is 4. The Morgan fingerprint density at radius 2 is 1.83 bits per heavy atom. The summed E-state index contributed by atoms with van der Waals surface area (Å²) in [6.07, 6.45) is 1.47. The molecule has 1 saturated heterocycles. The zero-order chi connectivity index (χ0) is 20.9. The molecule has 3 rings (SSSR count). The van der Waals surface area contributed by atoms with Crippen molar-refractivity contribution in [2.24, 2.45) is 5.92 Å². The van der Waals surface area contributed by atoms with Gasteiger partial charge >= 0.3 is 0 Å². The van der Waals surface area contributed by atoms with E-state index in [1.54, 1.807) is 11.8 Å². The molecular weight excluding hydrogens is 384 g/mol. The summed E-state index contributed by atoms with van der Waals surface area (Å²) in [5.41, 5.74) is 0.889. The summed E-state index contributed by atoms with van der Waals surface area (Å²) in [4.78, 5) is 37.7. The standard InChI is InChI=1S/C23H26N2O3S/c1-3-23(14-13-20(26)25-22(23)28)17-9-11-18(12-10-17)24-21(27)16(2)15-29-19-7-5-4-6-8-19/h4-12,16H,3,13-15H2,1-2H3,(H,24,27)(H,25,26,28). The molecule has 6 heteroatoms. The molecule has 0 spiro atoms. The molecule has 0 bridgehead atoms. The first-order chi connectivity index (χ1) is 13.9. The Labute approximate surface area is 175 Å². The summed E-state index contributed by atoms with van der Waals surface area (Å²) < 4.78 is 0. The van der Waals surface area contributed by atoms with E-state index >= 15 is 0 Å². The summed E-state index contributed by atoms with van der Waals surface area (Å²) in [7, 11) is 0. The molecule has 2 unspecified atom stereocenters. The fourth-order valence-electron chi connectivity index (χ4n) is 3.52. The Morgan fingerprint density at radius 3 is 2.45 bits per heavy atom. The minimum absolute atomic E-state index is 0.0348. The van der Waals surface area contributed by atoms with Gasteiger partial charge in [-0.15, -0.1) is 11.8 Å². The summed E-state index contributed by atoms with van der Waals surface area (Å²) in [6.45, 7) is 3.87. The van der Waals surface area contributed by atoms with Crippen LogP contribution in [0.15, 0.2) is 59.5 Å². The van der Waals surface area contributed by atoms with Crippen LogP contribution in [0.5, 0.6) is 0 Å². The summed E-state index contributed by atoms with van der Waals surface area (Å²) in [5, 5.41) is 5.41. The maximum Gasteiger partial charge on any atom is 0.237 e. The smallest absolute Gasteiger partial charge is 0.237 e. The first-order valence-electron chi connectivity index (χ1n) is 9.88. The van der Waals surface area contributed by atoms with Crippen LogP contribution in [0, 0.1) is 5.92 Å². The molecule has 0 aliphatic carbocycles. The number of carbonyl (C=O) groups excluding carboxylic acids is 3. The fourth-order valence-corrected chi connectivity index (χ4v) is 4.46. The van der Waals surface area contributed by atoms with Gasteiger partial charge < -0.3 is 5.32 Å². The molecule has 29 heavy (non-hydrogen) atoms. The molecule has 0 aromatic heterocycles. The lowest BCUT2D eigenvalue weighted by Crippen LogP contribution is -2.51. The van der Waals surface area contributed by atoms with Crippen molar-refractivity contribution in [3.63, 3.8) is 0 Å². The van der Waals surface area contributed by atoms with E-state index in [9.17, 15) is 14.4 Å². The molecule has 1 aliphatic rings. The Hall–Kier alpha value is -2.60. The van der Waals surface area contributed by atoms with Crippen LogP contribution in [0.3, 0.4) is 0 Å². The number of thioether (sulfide) groups is 1. The van der Waals surface area contributed by atoms with Crippen LogP contribution in [0.2, 0.25) is 0 Å². The minimum atomic E-state index is -0.684. The van der Waals surface area contributed by atoms with Crippen LogP contribution >= 0.6 is 11.8 Å². The molecule has 0 saturated carbocycles. The van der Waals surface area contributed by atoms with E-state index in [4.69, 9.17) is 0 Å². The van der Waals surface area contributed by atoms with Crippen LogP contribution < -0.4 is 10.6 Å². The normalized spacial score (nSPS) is 20.1. The van der Waals surface area contributed by atoms with E-state index in [2.05, 4.69) is 10.6 Å². The van der Waals surface area contributed by atoms with E-state index in [1.165, 1.54) is 0 Å². The highest BCUT2D eigenvalue weighted by molar-refractivity contribution is 7.99. The maximum atomic E-state index is 12.5. The summed E-state index contributed by atoms with van der Waals surface area (Å²) in [5.74, 6) is 0.0652. The van der Waals surface area contributed by atoms with Crippen molar-refractivity contribution < 1.29 is 14.4 Å². The van der Waals surface area contributed by atoms with Crippen molar-refractivity contribution >= 4 is 35.2 Å². The first-order valence-corrected chi connectivity index (χ1v) is 10.9. The van der Waals surface area contributed by atoms with Crippen molar-refractivity contribution in [2.45, 2.75) is 43.4 Å². The molecule has 152 valence electrons. The molecular formula is C23H26N2O3S.